The Morgan fingerprint density at radius 1 is 1.11 bits per heavy atom. The molecule has 0 N–H and O–H groups in total. The van der Waals surface area contributed by atoms with Gasteiger partial charge in [0.1, 0.15) is 0 Å². The standard InChI is InChI=1S/C11H9Cl3O4/c1-6(15)17-4-8(16)5-18-11-9(13)2-7(12)3-10(11)14/h2-3H,4-5H2,1H3. The number of rotatable bonds is 5. The third-order valence-electron chi connectivity index (χ3n) is 1.78. The van der Waals surface area contributed by atoms with Crippen LogP contribution in [0.4, 0.5) is 0 Å². The van der Waals surface area contributed by atoms with E-state index in [9.17, 15) is 9.59 Å². The maximum Gasteiger partial charge on any atom is 0.303 e. The maximum atomic E-state index is 11.3. The molecular formula is C11H9Cl3O4. The lowest BCUT2D eigenvalue weighted by Crippen LogP contribution is -2.19. The summed E-state index contributed by atoms with van der Waals surface area (Å²) in [4.78, 5) is 21.8. The number of Topliss-reactive ketones (excluding diaryl/α,β-unsaturated/α-hetero) is 1. The van der Waals surface area contributed by atoms with Crippen molar-refractivity contribution in [3.63, 3.8) is 0 Å². The zero-order chi connectivity index (χ0) is 13.7. The molecule has 0 aliphatic heterocycles. The van der Waals surface area contributed by atoms with E-state index in [1.807, 2.05) is 0 Å². The molecule has 0 unspecified atom stereocenters. The van der Waals surface area contributed by atoms with E-state index in [-0.39, 0.29) is 29.0 Å². The molecule has 7 heteroatoms. The Bertz CT molecular complexity index is 450. The van der Waals surface area contributed by atoms with Crippen molar-refractivity contribution < 1.29 is 19.1 Å². The summed E-state index contributed by atoms with van der Waals surface area (Å²) in [7, 11) is 0. The molecule has 1 rings (SSSR count). The van der Waals surface area contributed by atoms with Crippen LogP contribution in [0.25, 0.3) is 0 Å². The molecule has 98 valence electrons. The van der Waals surface area contributed by atoms with Gasteiger partial charge in [-0.25, -0.2) is 0 Å². The van der Waals surface area contributed by atoms with Gasteiger partial charge in [0.05, 0.1) is 10.0 Å². The van der Waals surface area contributed by atoms with Gasteiger partial charge in [0.2, 0.25) is 5.78 Å². The minimum atomic E-state index is -0.536. The summed E-state index contributed by atoms with van der Waals surface area (Å²) in [6, 6.07) is 2.89. The van der Waals surface area contributed by atoms with Crippen molar-refractivity contribution in [3.8, 4) is 5.75 Å². The fourth-order valence-electron chi connectivity index (χ4n) is 1.04. The number of ether oxygens (including phenoxy) is 2. The average Bonchev–Trinajstić information content (AvgIpc) is 2.24. The van der Waals surface area contributed by atoms with Crippen molar-refractivity contribution in [2.45, 2.75) is 6.92 Å². The molecule has 1 aromatic carbocycles. The molecule has 0 saturated heterocycles. The van der Waals surface area contributed by atoms with E-state index in [2.05, 4.69) is 4.74 Å². The first kappa shape index (κ1) is 15.1. The number of esters is 1. The number of carbonyl (C=O) groups is 2. The van der Waals surface area contributed by atoms with Gasteiger partial charge in [0, 0.05) is 11.9 Å². The number of ketones is 1. The average molecular weight is 312 g/mol. The fraction of sp³-hybridized carbons (Fsp3) is 0.273. The Balaban J connectivity index is 2.58. The van der Waals surface area contributed by atoms with Gasteiger partial charge >= 0.3 is 5.97 Å². The number of halogens is 3. The summed E-state index contributed by atoms with van der Waals surface area (Å²) >= 11 is 17.4. The van der Waals surface area contributed by atoms with Crippen LogP contribution in [-0.2, 0) is 14.3 Å². The Hall–Kier alpha value is -0.970. The van der Waals surface area contributed by atoms with Gasteiger partial charge < -0.3 is 9.47 Å². The van der Waals surface area contributed by atoms with E-state index in [1.165, 1.54) is 19.1 Å². The predicted molar refractivity (Wildman–Crippen MR) is 68.6 cm³/mol. The summed E-state index contributed by atoms with van der Waals surface area (Å²) in [6.45, 7) is 0.563. The van der Waals surface area contributed by atoms with Crippen molar-refractivity contribution in [1.82, 2.24) is 0 Å². The van der Waals surface area contributed by atoms with E-state index < -0.39 is 11.8 Å². The second-order valence-electron chi connectivity index (χ2n) is 3.31. The molecule has 0 heterocycles. The van der Waals surface area contributed by atoms with Crippen molar-refractivity contribution in [3.05, 3.63) is 27.2 Å². The Kier molecular flexibility index (Phi) is 5.72. The van der Waals surface area contributed by atoms with E-state index >= 15 is 0 Å². The third-order valence-corrected chi connectivity index (χ3v) is 2.56. The van der Waals surface area contributed by atoms with E-state index in [0.717, 1.165) is 0 Å². The second kappa shape index (κ2) is 6.83. The normalized spacial score (nSPS) is 10.0. The van der Waals surface area contributed by atoms with Crippen LogP contribution < -0.4 is 4.74 Å². The van der Waals surface area contributed by atoms with Gasteiger partial charge in [0.25, 0.3) is 0 Å². The summed E-state index contributed by atoms with van der Waals surface area (Å²) in [5.74, 6) is -0.780. The lowest BCUT2D eigenvalue weighted by atomic mass is 10.3. The molecule has 1 aromatic rings. The van der Waals surface area contributed by atoms with Crippen molar-refractivity contribution in [2.75, 3.05) is 13.2 Å². The fourth-order valence-corrected chi connectivity index (χ4v) is 1.97. The highest BCUT2D eigenvalue weighted by Crippen LogP contribution is 2.35. The first-order valence-corrected chi connectivity index (χ1v) is 5.96. The molecule has 4 nitrogen and oxygen atoms in total. The summed E-state index contributed by atoms with van der Waals surface area (Å²) in [5, 5.41) is 0.768. The van der Waals surface area contributed by atoms with E-state index in [0.29, 0.717) is 5.02 Å². The molecule has 0 spiro atoms. The van der Waals surface area contributed by atoms with Crippen LogP contribution in [0, 0.1) is 0 Å². The monoisotopic (exact) mass is 310 g/mol. The Morgan fingerprint density at radius 3 is 2.17 bits per heavy atom. The largest absolute Gasteiger partial charge is 0.483 e. The molecular weight excluding hydrogens is 302 g/mol. The quantitative estimate of drug-likeness (QED) is 0.784. The zero-order valence-electron chi connectivity index (χ0n) is 9.34. The lowest BCUT2D eigenvalue weighted by molar-refractivity contribution is -0.146. The van der Waals surface area contributed by atoms with Gasteiger partial charge in [-0.3, -0.25) is 9.59 Å². The first-order valence-electron chi connectivity index (χ1n) is 4.82. The van der Waals surface area contributed by atoms with Gasteiger partial charge in [0.15, 0.2) is 19.0 Å². The highest BCUT2D eigenvalue weighted by molar-refractivity contribution is 6.40. The maximum absolute atomic E-state index is 11.3. The highest BCUT2D eigenvalue weighted by atomic mass is 35.5. The number of benzene rings is 1. The van der Waals surface area contributed by atoms with Crippen molar-refractivity contribution in [1.29, 1.82) is 0 Å². The van der Waals surface area contributed by atoms with Gasteiger partial charge in [-0.2, -0.15) is 0 Å². The molecule has 0 bridgehead atoms. The van der Waals surface area contributed by atoms with E-state index in [4.69, 9.17) is 39.5 Å². The number of hydrogen-bond donors (Lipinski definition) is 0. The van der Waals surface area contributed by atoms with Crippen LogP contribution in [-0.4, -0.2) is 25.0 Å². The molecule has 0 saturated carbocycles. The second-order valence-corrected chi connectivity index (χ2v) is 4.56. The predicted octanol–water partition coefficient (Wildman–Crippen LogP) is 3.16. The SMILES string of the molecule is CC(=O)OCC(=O)COc1c(Cl)cc(Cl)cc1Cl. The smallest absolute Gasteiger partial charge is 0.303 e. The molecule has 0 aliphatic carbocycles. The molecule has 0 atom stereocenters. The Labute approximate surface area is 119 Å². The molecule has 0 aromatic heterocycles. The van der Waals surface area contributed by atoms with Crippen molar-refractivity contribution in [2.24, 2.45) is 0 Å². The van der Waals surface area contributed by atoms with Gasteiger partial charge in [-0.1, -0.05) is 34.8 Å². The topological polar surface area (TPSA) is 52.6 Å². The van der Waals surface area contributed by atoms with Crippen molar-refractivity contribution >= 4 is 46.6 Å². The van der Waals surface area contributed by atoms with Gasteiger partial charge in [-0.05, 0) is 12.1 Å². The highest BCUT2D eigenvalue weighted by Gasteiger charge is 2.12. The van der Waals surface area contributed by atoms with Crippen LogP contribution in [0.5, 0.6) is 5.75 Å². The summed E-state index contributed by atoms with van der Waals surface area (Å²) < 4.78 is 9.67. The van der Waals surface area contributed by atoms with E-state index in [1.54, 1.807) is 0 Å². The minimum Gasteiger partial charge on any atom is -0.483 e. The number of carbonyl (C=O) groups excluding carboxylic acids is 2. The lowest BCUT2D eigenvalue weighted by Gasteiger charge is -2.09. The summed E-state index contributed by atoms with van der Waals surface area (Å²) in [6.07, 6.45) is 0. The molecule has 18 heavy (non-hydrogen) atoms. The molecule has 0 amide bonds. The Morgan fingerprint density at radius 2 is 1.67 bits per heavy atom. The summed E-state index contributed by atoms with van der Waals surface area (Å²) in [5.41, 5.74) is 0. The zero-order valence-corrected chi connectivity index (χ0v) is 11.6. The first-order chi connectivity index (χ1) is 8.40. The number of hydrogen-bond acceptors (Lipinski definition) is 4. The third kappa shape index (κ3) is 4.72. The van der Waals surface area contributed by atoms with Crippen LogP contribution in [0.3, 0.4) is 0 Å². The van der Waals surface area contributed by atoms with Crippen LogP contribution in [0.2, 0.25) is 15.1 Å². The van der Waals surface area contributed by atoms with Crippen LogP contribution in [0.1, 0.15) is 6.92 Å². The molecule has 0 aliphatic rings. The minimum absolute atomic E-state index is 0.166. The van der Waals surface area contributed by atoms with Crippen LogP contribution in [0.15, 0.2) is 12.1 Å². The molecule has 0 fully saturated rings. The van der Waals surface area contributed by atoms with Crippen LogP contribution >= 0.6 is 34.8 Å². The molecule has 0 radical (unpaired) electrons. The van der Waals surface area contributed by atoms with Gasteiger partial charge in [-0.15, -0.1) is 0 Å².